The van der Waals surface area contributed by atoms with Gasteiger partial charge in [-0.15, -0.1) is 0 Å². The molecule has 0 saturated carbocycles. The van der Waals surface area contributed by atoms with Gasteiger partial charge in [0.15, 0.2) is 0 Å². The minimum atomic E-state index is -3.36. The molecule has 0 fully saturated rings. The number of hydrogen-bond acceptors (Lipinski definition) is 4. The number of aromatic nitrogens is 2. The third-order valence-electron chi connectivity index (χ3n) is 3.48. The maximum atomic E-state index is 12.1. The molecule has 0 radical (unpaired) electrons. The molecule has 0 atom stereocenters. The number of carbonyl (C=O) groups is 1. The van der Waals surface area contributed by atoms with E-state index in [1.165, 1.54) is 0 Å². The summed E-state index contributed by atoms with van der Waals surface area (Å²) in [5.41, 5.74) is 2.75. The van der Waals surface area contributed by atoms with Gasteiger partial charge in [0.2, 0.25) is 15.9 Å². The molecule has 1 amide bonds. The number of fused-ring (bicyclic) bond motifs is 1. The number of anilines is 2. The van der Waals surface area contributed by atoms with E-state index in [0.717, 1.165) is 23.1 Å². The highest BCUT2D eigenvalue weighted by atomic mass is 32.2. The number of nitrogens with one attached hydrogen (secondary N) is 3. The Bertz CT molecular complexity index is 978. The molecule has 130 valence electrons. The molecule has 25 heavy (non-hydrogen) atoms. The summed E-state index contributed by atoms with van der Waals surface area (Å²) in [7, 11) is -3.36. The van der Waals surface area contributed by atoms with Crippen LogP contribution in [-0.4, -0.2) is 30.5 Å². The normalized spacial score (nSPS) is 11.4. The number of carbonyl (C=O) groups excluding carboxylic acids is 1. The molecule has 0 spiro atoms. The van der Waals surface area contributed by atoms with Crippen molar-refractivity contribution >= 4 is 38.3 Å². The predicted octanol–water partition coefficient (Wildman–Crippen LogP) is 2.51. The maximum Gasteiger partial charge on any atom is 0.229 e. The Balaban J connectivity index is 1.59. The standard InChI is InChI=1S/C17H18N4O3S/c1-25(23,24)21-13-6-4-5-12(11-13)18-17(22)10-9-16-19-14-7-2-3-8-15(14)20-16/h2-8,11,21H,9-10H2,1H3,(H,18,22)(H,19,20). The molecule has 0 saturated heterocycles. The molecular weight excluding hydrogens is 340 g/mol. The van der Waals surface area contributed by atoms with Gasteiger partial charge in [-0.2, -0.15) is 0 Å². The van der Waals surface area contributed by atoms with Crippen LogP contribution in [0.4, 0.5) is 11.4 Å². The van der Waals surface area contributed by atoms with Crippen molar-refractivity contribution < 1.29 is 13.2 Å². The van der Waals surface area contributed by atoms with Gasteiger partial charge < -0.3 is 10.3 Å². The van der Waals surface area contributed by atoms with Gasteiger partial charge in [0.05, 0.1) is 23.0 Å². The van der Waals surface area contributed by atoms with Gasteiger partial charge in [-0.1, -0.05) is 18.2 Å². The first kappa shape index (κ1) is 17.0. The Hall–Kier alpha value is -2.87. The number of benzene rings is 2. The quantitative estimate of drug-likeness (QED) is 0.630. The van der Waals surface area contributed by atoms with Gasteiger partial charge in [-0.25, -0.2) is 13.4 Å². The molecule has 0 unspecified atom stereocenters. The highest BCUT2D eigenvalue weighted by molar-refractivity contribution is 7.92. The van der Waals surface area contributed by atoms with E-state index in [-0.39, 0.29) is 12.3 Å². The van der Waals surface area contributed by atoms with E-state index in [4.69, 9.17) is 0 Å². The lowest BCUT2D eigenvalue weighted by Gasteiger charge is -2.08. The van der Waals surface area contributed by atoms with Crippen LogP contribution in [0.25, 0.3) is 11.0 Å². The van der Waals surface area contributed by atoms with E-state index in [1.54, 1.807) is 24.3 Å². The van der Waals surface area contributed by atoms with Crippen molar-refractivity contribution in [1.29, 1.82) is 0 Å². The summed E-state index contributed by atoms with van der Waals surface area (Å²) in [6.07, 6.45) is 1.83. The molecule has 3 N–H and O–H groups in total. The van der Waals surface area contributed by atoms with Crippen molar-refractivity contribution in [3.8, 4) is 0 Å². The van der Waals surface area contributed by atoms with Crippen LogP contribution in [0.3, 0.4) is 0 Å². The maximum absolute atomic E-state index is 12.1. The van der Waals surface area contributed by atoms with Gasteiger partial charge in [0, 0.05) is 18.5 Å². The molecule has 0 aliphatic heterocycles. The lowest BCUT2D eigenvalue weighted by Crippen LogP contribution is -2.13. The van der Waals surface area contributed by atoms with E-state index < -0.39 is 10.0 Å². The van der Waals surface area contributed by atoms with Crippen LogP contribution >= 0.6 is 0 Å². The van der Waals surface area contributed by atoms with Gasteiger partial charge in [0.1, 0.15) is 5.82 Å². The molecule has 0 aliphatic carbocycles. The van der Waals surface area contributed by atoms with Crippen molar-refractivity contribution in [3.63, 3.8) is 0 Å². The number of rotatable bonds is 6. The highest BCUT2D eigenvalue weighted by Crippen LogP contribution is 2.17. The third kappa shape index (κ3) is 4.80. The summed E-state index contributed by atoms with van der Waals surface area (Å²) in [6, 6.07) is 14.2. The lowest BCUT2D eigenvalue weighted by atomic mass is 10.2. The number of aryl methyl sites for hydroxylation is 1. The van der Waals surface area contributed by atoms with Crippen LogP contribution in [0.15, 0.2) is 48.5 Å². The second-order valence-corrected chi connectivity index (χ2v) is 7.45. The lowest BCUT2D eigenvalue weighted by molar-refractivity contribution is -0.116. The van der Waals surface area contributed by atoms with E-state index in [2.05, 4.69) is 20.0 Å². The fourth-order valence-corrected chi connectivity index (χ4v) is 3.01. The number of hydrogen-bond donors (Lipinski definition) is 3. The zero-order valence-electron chi connectivity index (χ0n) is 13.6. The Morgan fingerprint density at radius 3 is 2.64 bits per heavy atom. The fourth-order valence-electron chi connectivity index (χ4n) is 2.45. The fraction of sp³-hybridized carbons (Fsp3) is 0.176. The molecule has 8 heteroatoms. The van der Waals surface area contributed by atoms with E-state index >= 15 is 0 Å². The number of H-pyrrole nitrogens is 1. The molecule has 3 aromatic rings. The first-order valence-electron chi connectivity index (χ1n) is 7.70. The summed E-state index contributed by atoms with van der Waals surface area (Å²) < 4.78 is 24.9. The summed E-state index contributed by atoms with van der Waals surface area (Å²) in [4.78, 5) is 19.7. The minimum Gasteiger partial charge on any atom is -0.342 e. The third-order valence-corrected chi connectivity index (χ3v) is 4.08. The summed E-state index contributed by atoms with van der Waals surface area (Å²) in [5.74, 6) is 0.584. The average molecular weight is 358 g/mol. The number of para-hydroxylation sites is 2. The Labute approximate surface area is 145 Å². The number of sulfonamides is 1. The zero-order chi connectivity index (χ0) is 17.9. The second-order valence-electron chi connectivity index (χ2n) is 5.70. The number of nitrogens with zero attached hydrogens (tertiary/aromatic N) is 1. The molecule has 1 heterocycles. The summed E-state index contributed by atoms with van der Waals surface area (Å²) >= 11 is 0. The molecule has 7 nitrogen and oxygen atoms in total. The second kappa shape index (κ2) is 6.94. The predicted molar refractivity (Wildman–Crippen MR) is 98.0 cm³/mol. The molecule has 2 aromatic carbocycles. The Kier molecular flexibility index (Phi) is 4.71. The first-order valence-corrected chi connectivity index (χ1v) is 9.59. The smallest absolute Gasteiger partial charge is 0.229 e. The van der Waals surface area contributed by atoms with E-state index in [9.17, 15) is 13.2 Å². The molecule has 0 aliphatic rings. The summed E-state index contributed by atoms with van der Waals surface area (Å²) in [5, 5.41) is 2.76. The number of amides is 1. The zero-order valence-corrected chi connectivity index (χ0v) is 14.4. The Morgan fingerprint density at radius 2 is 1.88 bits per heavy atom. The summed E-state index contributed by atoms with van der Waals surface area (Å²) in [6.45, 7) is 0. The molecular formula is C17H18N4O3S. The largest absolute Gasteiger partial charge is 0.342 e. The highest BCUT2D eigenvalue weighted by Gasteiger charge is 2.08. The molecule has 1 aromatic heterocycles. The van der Waals surface area contributed by atoms with Gasteiger partial charge >= 0.3 is 0 Å². The topological polar surface area (TPSA) is 104 Å². The van der Waals surface area contributed by atoms with Gasteiger partial charge in [-0.05, 0) is 30.3 Å². The SMILES string of the molecule is CS(=O)(=O)Nc1cccc(NC(=O)CCc2nc3ccccc3[nH]2)c1. The van der Waals surface area contributed by atoms with Crippen LogP contribution in [0.2, 0.25) is 0 Å². The molecule has 3 rings (SSSR count). The minimum absolute atomic E-state index is 0.169. The Morgan fingerprint density at radius 1 is 1.12 bits per heavy atom. The van der Waals surface area contributed by atoms with Crippen LogP contribution in [0.1, 0.15) is 12.2 Å². The van der Waals surface area contributed by atoms with E-state index in [1.807, 2.05) is 24.3 Å². The van der Waals surface area contributed by atoms with Crippen molar-refractivity contribution in [2.24, 2.45) is 0 Å². The van der Waals surface area contributed by atoms with E-state index in [0.29, 0.717) is 17.8 Å². The number of aromatic amines is 1. The van der Waals surface area contributed by atoms with Crippen molar-refractivity contribution in [2.45, 2.75) is 12.8 Å². The number of imidazole rings is 1. The van der Waals surface area contributed by atoms with Crippen LogP contribution in [0, 0.1) is 0 Å². The first-order chi connectivity index (χ1) is 11.9. The van der Waals surface area contributed by atoms with Crippen LogP contribution < -0.4 is 10.0 Å². The van der Waals surface area contributed by atoms with Gasteiger partial charge in [0.25, 0.3) is 0 Å². The van der Waals surface area contributed by atoms with Crippen LogP contribution in [0.5, 0.6) is 0 Å². The molecule has 0 bridgehead atoms. The monoisotopic (exact) mass is 358 g/mol. The van der Waals surface area contributed by atoms with Crippen molar-refractivity contribution in [3.05, 3.63) is 54.4 Å². The average Bonchev–Trinajstić information content (AvgIpc) is 2.94. The van der Waals surface area contributed by atoms with Crippen molar-refractivity contribution in [2.75, 3.05) is 16.3 Å². The van der Waals surface area contributed by atoms with Crippen LogP contribution in [-0.2, 0) is 21.2 Å². The van der Waals surface area contributed by atoms with Gasteiger partial charge in [-0.3, -0.25) is 9.52 Å². The van der Waals surface area contributed by atoms with Crippen molar-refractivity contribution in [1.82, 2.24) is 9.97 Å².